The summed E-state index contributed by atoms with van der Waals surface area (Å²) in [5, 5.41) is 9.47. The van der Waals surface area contributed by atoms with E-state index in [0.717, 1.165) is 16.8 Å². The Kier molecular flexibility index (Phi) is 7.55. The number of carbonyl (C=O) groups is 1. The topological polar surface area (TPSA) is 76.0 Å². The molecular weight excluding hydrogens is 385 g/mol. The summed E-state index contributed by atoms with van der Waals surface area (Å²) in [5.41, 5.74) is -1.40. The molecule has 10 heteroatoms. The third kappa shape index (κ3) is 5.54. The molecule has 0 aliphatic heterocycles. The van der Waals surface area contributed by atoms with Gasteiger partial charge in [-0.05, 0) is 39.1 Å². The molecule has 1 aromatic heterocycles. The van der Waals surface area contributed by atoms with Gasteiger partial charge in [0.25, 0.3) is 5.91 Å². The fraction of sp³-hybridized carbons (Fsp3) is 0.353. The van der Waals surface area contributed by atoms with E-state index < -0.39 is 23.1 Å². The van der Waals surface area contributed by atoms with Crippen molar-refractivity contribution < 1.29 is 18.0 Å². The van der Waals surface area contributed by atoms with Gasteiger partial charge in [0.15, 0.2) is 5.69 Å². The molecule has 0 fully saturated rings. The molecule has 0 saturated heterocycles. The Hall–Kier alpha value is -2.39. The third-order valence-electron chi connectivity index (χ3n) is 3.80. The van der Waals surface area contributed by atoms with E-state index in [-0.39, 0.29) is 36.4 Å². The number of benzene rings is 1. The molecule has 0 radical (unpaired) electrons. The smallest absolute Gasteiger partial charge is 0.349 e. The average Bonchev–Trinajstić information content (AvgIpc) is 2.58. The lowest BCUT2D eigenvalue weighted by atomic mass is 10.2. The summed E-state index contributed by atoms with van der Waals surface area (Å²) < 4.78 is 39.9. The van der Waals surface area contributed by atoms with Crippen LogP contribution in [0.25, 0.3) is 5.69 Å². The number of hydrogen-bond acceptors (Lipinski definition) is 4. The number of nitrogens with zero attached hydrogens (tertiary/aromatic N) is 2. The molecule has 1 heterocycles. The Morgan fingerprint density at radius 1 is 1.30 bits per heavy atom. The zero-order chi connectivity index (χ0) is 19.5. The van der Waals surface area contributed by atoms with E-state index in [9.17, 15) is 22.8 Å². The summed E-state index contributed by atoms with van der Waals surface area (Å²) in [6.07, 6.45) is -4.51. The third-order valence-corrected chi connectivity index (χ3v) is 3.80. The summed E-state index contributed by atoms with van der Waals surface area (Å²) in [6, 6.07) is 5.67. The maximum Gasteiger partial charge on any atom is 0.416 e. The molecule has 2 rings (SSSR count). The number of hydrogen-bond donors (Lipinski definition) is 2. The second-order valence-corrected chi connectivity index (χ2v) is 5.86. The van der Waals surface area contributed by atoms with Crippen LogP contribution >= 0.6 is 12.4 Å². The van der Waals surface area contributed by atoms with Crippen molar-refractivity contribution in [2.75, 3.05) is 13.6 Å². The van der Waals surface area contributed by atoms with Gasteiger partial charge < -0.3 is 10.6 Å². The molecular formula is C17H20ClF3N4O2. The largest absolute Gasteiger partial charge is 0.416 e. The fourth-order valence-corrected chi connectivity index (χ4v) is 2.21. The van der Waals surface area contributed by atoms with Gasteiger partial charge in [0.2, 0.25) is 5.43 Å². The number of carbonyl (C=O) groups excluding carboxylic acids is 1. The predicted octanol–water partition coefficient (Wildman–Crippen LogP) is 2.32. The molecule has 0 aliphatic carbocycles. The predicted molar refractivity (Wildman–Crippen MR) is 97.7 cm³/mol. The molecule has 1 unspecified atom stereocenters. The first-order valence-electron chi connectivity index (χ1n) is 7.87. The van der Waals surface area contributed by atoms with Gasteiger partial charge in [-0.25, -0.2) is 4.68 Å². The molecule has 0 aliphatic rings. The standard InChI is InChI=1S/C17H19F3N4O2.ClH/c1-10(21-3)9-22-16(26)15-14(25)7-11(2)24(23-15)13-6-4-5-12(8-13)17(18,19)20;/h4-8,10,21H,9H2,1-3H3,(H,22,26);1H. The first kappa shape index (κ1) is 22.7. The number of nitrogens with one attached hydrogen (secondary N) is 2. The van der Waals surface area contributed by atoms with Gasteiger partial charge in [-0.15, -0.1) is 12.4 Å². The van der Waals surface area contributed by atoms with Gasteiger partial charge in [0.1, 0.15) is 0 Å². The Labute approximate surface area is 160 Å². The molecule has 2 N–H and O–H groups in total. The minimum atomic E-state index is -4.51. The molecule has 1 atom stereocenters. The van der Waals surface area contributed by atoms with Crippen molar-refractivity contribution in [1.29, 1.82) is 0 Å². The summed E-state index contributed by atoms with van der Waals surface area (Å²) in [5.74, 6) is -0.683. The van der Waals surface area contributed by atoms with Crippen LogP contribution in [0.5, 0.6) is 0 Å². The first-order valence-corrected chi connectivity index (χ1v) is 7.87. The van der Waals surface area contributed by atoms with Crippen LogP contribution in [0, 0.1) is 6.92 Å². The van der Waals surface area contributed by atoms with Crippen LogP contribution in [-0.4, -0.2) is 35.3 Å². The van der Waals surface area contributed by atoms with Crippen LogP contribution in [0.3, 0.4) is 0 Å². The Balaban J connectivity index is 0.00000364. The Morgan fingerprint density at radius 2 is 1.96 bits per heavy atom. The fourth-order valence-electron chi connectivity index (χ4n) is 2.21. The molecule has 1 aromatic carbocycles. The molecule has 1 amide bonds. The van der Waals surface area contributed by atoms with Crippen molar-refractivity contribution >= 4 is 18.3 Å². The molecule has 148 valence electrons. The van der Waals surface area contributed by atoms with Crippen molar-refractivity contribution in [3.8, 4) is 5.69 Å². The molecule has 6 nitrogen and oxygen atoms in total. The SMILES string of the molecule is CNC(C)CNC(=O)c1nn(-c2cccc(C(F)(F)F)c2)c(C)cc1=O.Cl. The first-order chi connectivity index (χ1) is 12.1. The van der Waals surface area contributed by atoms with Crippen LogP contribution in [-0.2, 0) is 6.18 Å². The lowest BCUT2D eigenvalue weighted by molar-refractivity contribution is -0.137. The second kappa shape index (κ2) is 9.01. The average molecular weight is 405 g/mol. The number of rotatable bonds is 5. The van der Waals surface area contributed by atoms with Gasteiger partial charge >= 0.3 is 6.18 Å². The number of amides is 1. The van der Waals surface area contributed by atoms with Gasteiger partial charge in [-0.3, -0.25) is 9.59 Å². The van der Waals surface area contributed by atoms with Gasteiger partial charge in [-0.1, -0.05) is 6.07 Å². The van der Waals surface area contributed by atoms with Crippen LogP contribution in [0.4, 0.5) is 13.2 Å². The summed E-state index contributed by atoms with van der Waals surface area (Å²) in [4.78, 5) is 24.3. The highest BCUT2D eigenvalue weighted by Crippen LogP contribution is 2.30. The minimum Gasteiger partial charge on any atom is -0.349 e. The summed E-state index contributed by atoms with van der Waals surface area (Å²) in [6.45, 7) is 3.64. The van der Waals surface area contributed by atoms with Crippen LogP contribution in [0.2, 0.25) is 0 Å². The van der Waals surface area contributed by atoms with Gasteiger partial charge in [0.05, 0.1) is 11.3 Å². The quantitative estimate of drug-likeness (QED) is 0.802. The van der Waals surface area contributed by atoms with Crippen molar-refractivity contribution in [2.24, 2.45) is 0 Å². The van der Waals surface area contributed by atoms with Crippen LogP contribution in [0.15, 0.2) is 35.1 Å². The second-order valence-electron chi connectivity index (χ2n) is 5.86. The molecule has 27 heavy (non-hydrogen) atoms. The van der Waals surface area contributed by atoms with E-state index in [0.29, 0.717) is 5.69 Å². The Morgan fingerprint density at radius 3 is 2.56 bits per heavy atom. The monoisotopic (exact) mass is 404 g/mol. The number of likely N-dealkylation sites (N-methyl/N-ethyl adjacent to an activating group) is 1. The van der Waals surface area contributed by atoms with Crippen molar-refractivity contribution in [3.05, 3.63) is 57.5 Å². The number of aromatic nitrogens is 2. The lowest BCUT2D eigenvalue weighted by Gasteiger charge is -2.14. The zero-order valence-corrected chi connectivity index (χ0v) is 15.7. The normalized spacial score (nSPS) is 12.2. The van der Waals surface area contributed by atoms with E-state index in [1.807, 2.05) is 6.92 Å². The van der Waals surface area contributed by atoms with E-state index in [1.54, 1.807) is 7.05 Å². The number of aryl methyl sites for hydroxylation is 1. The maximum absolute atomic E-state index is 12.9. The maximum atomic E-state index is 12.9. The Bertz CT molecular complexity index is 868. The molecule has 0 saturated carbocycles. The highest BCUT2D eigenvalue weighted by atomic mass is 35.5. The molecule has 0 bridgehead atoms. The van der Waals surface area contributed by atoms with Gasteiger partial charge in [0, 0.05) is 24.3 Å². The molecule has 0 spiro atoms. The van der Waals surface area contributed by atoms with E-state index >= 15 is 0 Å². The van der Waals surface area contributed by atoms with E-state index in [1.165, 1.54) is 25.1 Å². The molecule has 2 aromatic rings. The summed E-state index contributed by atoms with van der Waals surface area (Å²) in [7, 11) is 1.72. The van der Waals surface area contributed by atoms with Gasteiger partial charge in [-0.2, -0.15) is 18.3 Å². The number of halogens is 4. The minimum absolute atomic E-state index is 0. The van der Waals surface area contributed by atoms with Crippen LogP contribution < -0.4 is 16.1 Å². The van der Waals surface area contributed by atoms with Crippen molar-refractivity contribution in [2.45, 2.75) is 26.1 Å². The number of alkyl halides is 3. The summed E-state index contributed by atoms with van der Waals surface area (Å²) >= 11 is 0. The highest BCUT2D eigenvalue weighted by Gasteiger charge is 2.30. The van der Waals surface area contributed by atoms with E-state index in [4.69, 9.17) is 0 Å². The highest BCUT2D eigenvalue weighted by molar-refractivity contribution is 5.92. The zero-order valence-electron chi connectivity index (χ0n) is 14.9. The van der Waals surface area contributed by atoms with E-state index in [2.05, 4.69) is 15.7 Å². The van der Waals surface area contributed by atoms with Crippen LogP contribution in [0.1, 0.15) is 28.7 Å². The lowest BCUT2D eigenvalue weighted by Crippen LogP contribution is -2.39. The van der Waals surface area contributed by atoms with Crippen molar-refractivity contribution in [3.63, 3.8) is 0 Å². The van der Waals surface area contributed by atoms with Crippen molar-refractivity contribution in [1.82, 2.24) is 20.4 Å².